The summed E-state index contributed by atoms with van der Waals surface area (Å²) in [4.78, 5) is 21.6. The van der Waals surface area contributed by atoms with Crippen LogP contribution in [0, 0.1) is 17.0 Å². The fourth-order valence-electron chi connectivity index (χ4n) is 1.30. The van der Waals surface area contributed by atoms with Gasteiger partial charge in [0.25, 0.3) is 5.69 Å². The van der Waals surface area contributed by atoms with E-state index in [0.29, 0.717) is 0 Å². The number of aryl methyl sites for hydroxylation is 1. The number of nitrogens with zero attached hydrogens (tertiary/aromatic N) is 1. The molecule has 0 spiro atoms. The summed E-state index contributed by atoms with van der Waals surface area (Å²) in [6.45, 7) is 1.98. The highest BCUT2D eigenvalue weighted by molar-refractivity contribution is 6.00. The molecule has 1 aromatic rings. The Kier molecular flexibility index (Phi) is 3.51. The summed E-state index contributed by atoms with van der Waals surface area (Å²) >= 11 is 0. The van der Waals surface area contributed by atoms with Crippen LogP contribution >= 0.6 is 0 Å². The summed E-state index contributed by atoms with van der Waals surface area (Å²) in [6, 6.07) is 4.48. The third-order valence-corrected chi connectivity index (χ3v) is 2.02. The van der Waals surface area contributed by atoms with Crippen LogP contribution in [0.25, 0.3) is 0 Å². The maximum atomic E-state index is 11.5. The van der Waals surface area contributed by atoms with E-state index in [1.807, 2.05) is 0 Å². The van der Waals surface area contributed by atoms with E-state index in [0.717, 1.165) is 5.56 Å². The molecule has 15 heavy (non-hydrogen) atoms. The lowest BCUT2D eigenvalue weighted by molar-refractivity contribution is -0.385. The van der Waals surface area contributed by atoms with Gasteiger partial charge in [-0.15, -0.1) is 0 Å². The molecule has 0 saturated heterocycles. The lowest BCUT2D eigenvalue weighted by Gasteiger charge is -2.02. The van der Waals surface area contributed by atoms with Gasteiger partial charge in [0.15, 0.2) is 5.78 Å². The van der Waals surface area contributed by atoms with E-state index in [-0.39, 0.29) is 30.0 Å². The molecule has 0 aliphatic carbocycles. The van der Waals surface area contributed by atoms with Crippen LogP contribution in [0.1, 0.15) is 22.3 Å². The summed E-state index contributed by atoms with van der Waals surface area (Å²) in [5.41, 5.74) is 6.05. The van der Waals surface area contributed by atoms with E-state index in [2.05, 4.69) is 0 Å². The minimum Gasteiger partial charge on any atom is -0.330 e. The van der Waals surface area contributed by atoms with Crippen molar-refractivity contribution in [2.24, 2.45) is 5.73 Å². The fourth-order valence-corrected chi connectivity index (χ4v) is 1.30. The molecule has 0 aliphatic heterocycles. The SMILES string of the molecule is Cc1ccc([N+](=O)[O-])c(C(=O)CCN)c1. The second-order valence-electron chi connectivity index (χ2n) is 3.24. The zero-order valence-electron chi connectivity index (χ0n) is 8.40. The lowest BCUT2D eigenvalue weighted by Crippen LogP contribution is -2.10. The van der Waals surface area contributed by atoms with Gasteiger partial charge in [-0.25, -0.2) is 0 Å². The lowest BCUT2D eigenvalue weighted by atomic mass is 10.0. The molecule has 80 valence electrons. The minimum atomic E-state index is -0.552. The molecular weight excluding hydrogens is 196 g/mol. The fraction of sp³-hybridized carbons (Fsp3) is 0.300. The molecule has 0 saturated carbocycles. The molecule has 0 aliphatic rings. The maximum absolute atomic E-state index is 11.5. The molecule has 0 unspecified atom stereocenters. The summed E-state index contributed by atoms with van der Waals surface area (Å²) in [6.07, 6.45) is 0.129. The number of carbonyl (C=O) groups is 1. The number of ketones is 1. The quantitative estimate of drug-likeness (QED) is 0.460. The molecule has 0 bridgehead atoms. The number of carbonyl (C=O) groups excluding carboxylic acids is 1. The molecule has 5 nitrogen and oxygen atoms in total. The van der Waals surface area contributed by atoms with Gasteiger partial charge in [-0.2, -0.15) is 0 Å². The Labute approximate surface area is 87.0 Å². The van der Waals surface area contributed by atoms with Crippen molar-refractivity contribution >= 4 is 11.5 Å². The Hall–Kier alpha value is -1.75. The van der Waals surface area contributed by atoms with Gasteiger partial charge in [0.05, 0.1) is 10.5 Å². The average molecular weight is 208 g/mol. The summed E-state index contributed by atoms with van der Waals surface area (Å²) in [7, 11) is 0. The summed E-state index contributed by atoms with van der Waals surface area (Å²) in [5.74, 6) is -0.284. The topological polar surface area (TPSA) is 86.2 Å². The van der Waals surface area contributed by atoms with Crippen molar-refractivity contribution in [3.63, 3.8) is 0 Å². The van der Waals surface area contributed by atoms with Gasteiger partial charge in [-0.1, -0.05) is 6.07 Å². The van der Waals surface area contributed by atoms with Gasteiger partial charge in [0, 0.05) is 12.5 Å². The van der Waals surface area contributed by atoms with Gasteiger partial charge in [-0.05, 0) is 25.1 Å². The largest absolute Gasteiger partial charge is 0.330 e. The number of hydrogen-bond acceptors (Lipinski definition) is 4. The van der Waals surface area contributed by atoms with E-state index < -0.39 is 4.92 Å². The highest BCUT2D eigenvalue weighted by Crippen LogP contribution is 2.20. The number of Topliss-reactive ketones (excluding diaryl/α,β-unsaturated/α-hetero) is 1. The first-order chi connectivity index (χ1) is 7.06. The first kappa shape index (κ1) is 11.3. The van der Waals surface area contributed by atoms with Crippen molar-refractivity contribution in [1.82, 2.24) is 0 Å². The van der Waals surface area contributed by atoms with Crippen LogP contribution in [-0.4, -0.2) is 17.3 Å². The zero-order valence-corrected chi connectivity index (χ0v) is 8.40. The van der Waals surface area contributed by atoms with E-state index >= 15 is 0 Å². The molecule has 1 aromatic carbocycles. The number of nitro groups is 1. The van der Waals surface area contributed by atoms with Crippen molar-refractivity contribution in [3.8, 4) is 0 Å². The van der Waals surface area contributed by atoms with Gasteiger partial charge >= 0.3 is 0 Å². The molecule has 0 heterocycles. The predicted molar refractivity (Wildman–Crippen MR) is 55.8 cm³/mol. The van der Waals surface area contributed by atoms with Crippen molar-refractivity contribution in [3.05, 3.63) is 39.4 Å². The highest BCUT2D eigenvalue weighted by Gasteiger charge is 2.18. The number of benzene rings is 1. The molecule has 0 amide bonds. The van der Waals surface area contributed by atoms with Gasteiger partial charge in [-0.3, -0.25) is 14.9 Å². The van der Waals surface area contributed by atoms with Crippen LogP contribution < -0.4 is 5.73 Å². The van der Waals surface area contributed by atoms with Gasteiger partial charge in [0.1, 0.15) is 0 Å². The van der Waals surface area contributed by atoms with Crippen molar-refractivity contribution in [2.75, 3.05) is 6.54 Å². The van der Waals surface area contributed by atoms with Crippen LogP contribution in [-0.2, 0) is 0 Å². The second kappa shape index (κ2) is 4.65. The monoisotopic (exact) mass is 208 g/mol. The molecular formula is C10H12N2O3. The average Bonchev–Trinajstić information content (AvgIpc) is 2.17. The number of nitrogens with two attached hydrogens (primary N) is 1. The Morgan fingerprint density at radius 3 is 2.73 bits per heavy atom. The summed E-state index contributed by atoms with van der Waals surface area (Å²) < 4.78 is 0. The van der Waals surface area contributed by atoms with Crippen molar-refractivity contribution < 1.29 is 9.72 Å². The van der Waals surface area contributed by atoms with Crippen LogP contribution in [0.2, 0.25) is 0 Å². The first-order valence-electron chi connectivity index (χ1n) is 4.54. The Morgan fingerprint density at radius 1 is 1.53 bits per heavy atom. The van der Waals surface area contributed by atoms with Crippen LogP contribution in [0.4, 0.5) is 5.69 Å². The minimum absolute atomic E-state index is 0.129. The van der Waals surface area contributed by atoms with Crippen molar-refractivity contribution in [2.45, 2.75) is 13.3 Å². The van der Waals surface area contributed by atoms with Crippen molar-refractivity contribution in [1.29, 1.82) is 0 Å². The molecule has 1 rings (SSSR count). The molecule has 5 heteroatoms. The molecule has 0 atom stereocenters. The van der Waals surface area contributed by atoms with Gasteiger partial charge in [0.2, 0.25) is 0 Å². The molecule has 0 radical (unpaired) electrons. The standard InChI is InChI=1S/C10H12N2O3/c1-7-2-3-9(12(14)15)8(6-7)10(13)4-5-11/h2-3,6H,4-5,11H2,1H3. The number of rotatable bonds is 4. The smallest absolute Gasteiger partial charge is 0.280 e. The van der Waals surface area contributed by atoms with Gasteiger partial charge < -0.3 is 5.73 Å². The molecule has 2 N–H and O–H groups in total. The second-order valence-corrected chi connectivity index (χ2v) is 3.24. The first-order valence-corrected chi connectivity index (χ1v) is 4.54. The van der Waals surface area contributed by atoms with E-state index in [4.69, 9.17) is 5.73 Å². The van der Waals surface area contributed by atoms with E-state index in [1.54, 1.807) is 13.0 Å². The third-order valence-electron chi connectivity index (χ3n) is 2.02. The summed E-state index contributed by atoms with van der Waals surface area (Å²) in [5, 5.41) is 10.7. The molecule has 0 fully saturated rings. The highest BCUT2D eigenvalue weighted by atomic mass is 16.6. The Morgan fingerprint density at radius 2 is 2.20 bits per heavy atom. The van der Waals surface area contributed by atoms with E-state index in [9.17, 15) is 14.9 Å². The third kappa shape index (κ3) is 2.60. The van der Waals surface area contributed by atoms with Crippen LogP contribution in [0.15, 0.2) is 18.2 Å². The Balaban J connectivity index is 3.18. The number of nitro benzene ring substituents is 1. The normalized spacial score (nSPS) is 10.0. The Bertz CT molecular complexity index is 402. The maximum Gasteiger partial charge on any atom is 0.280 e. The van der Waals surface area contributed by atoms with Crippen LogP contribution in [0.5, 0.6) is 0 Å². The predicted octanol–water partition coefficient (Wildman–Crippen LogP) is 1.43. The zero-order chi connectivity index (χ0) is 11.4. The van der Waals surface area contributed by atoms with E-state index in [1.165, 1.54) is 12.1 Å². The molecule has 0 aromatic heterocycles. The van der Waals surface area contributed by atoms with Crippen LogP contribution in [0.3, 0.4) is 0 Å². The number of hydrogen-bond donors (Lipinski definition) is 1.